The van der Waals surface area contributed by atoms with Gasteiger partial charge in [0.2, 0.25) is 5.91 Å². The summed E-state index contributed by atoms with van der Waals surface area (Å²) in [4.78, 5) is 29.4. The molecule has 1 saturated heterocycles. The molecule has 1 aliphatic heterocycles. The molecule has 1 saturated carbocycles. The van der Waals surface area contributed by atoms with Crippen molar-refractivity contribution in [2.75, 3.05) is 31.5 Å². The Hall–Kier alpha value is -1.79. The van der Waals surface area contributed by atoms with Crippen LogP contribution in [-0.4, -0.2) is 60.0 Å². The molecule has 0 spiro atoms. The molecule has 2 aliphatic rings. The standard InChI is InChI=1S/C26H41ClN4O2/c1-20(2)31(24-10-4-3-5-11-24)15-7-14-28-25(32)18-21-12-16-30(17-13-21)26(33)29-23-9-6-8-22(27)19-23/h6,8-9,19-21,24H,3-5,7,10-18H2,1-2H3,(H,28,32)(H,29,33). The maximum absolute atomic E-state index is 12.5. The van der Waals surface area contributed by atoms with Crippen LogP contribution in [0.4, 0.5) is 10.5 Å². The smallest absolute Gasteiger partial charge is 0.321 e. The van der Waals surface area contributed by atoms with E-state index in [0.29, 0.717) is 42.2 Å². The number of carbonyl (C=O) groups excluding carboxylic acids is 2. The second-order valence-corrected chi connectivity index (χ2v) is 10.3. The average molecular weight is 477 g/mol. The first kappa shape index (κ1) is 25.8. The zero-order valence-electron chi connectivity index (χ0n) is 20.3. The van der Waals surface area contributed by atoms with Crippen molar-refractivity contribution in [1.29, 1.82) is 0 Å². The lowest BCUT2D eigenvalue weighted by molar-refractivity contribution is -0.122. The highest BCUT2D eigenvalue weighted by molar-refractivity contribution is 6.30. The highest BCUT2D eigenvalue weighted by Crippen LogP contribution is 2.24. The van der Waals surface area contributed by atoms with Crippen LogP contribution < -0.4 is 10.6 Å². The molecule has 0 bridgehead atoms. The molecule has 0 atom stereocenters. The van der Waals surface area contributed by atoms with Gasteiger partial charge in [-0.2, -0.15) is 0 Å². The molecule has 1 aliphatic carbocycles. The molecule has 0 radical (unpaired) electrons. The minimum absolute atomic E-state index is 0.104. The van der Waals surface area contributed by atoms with E-state index >= 15 is 0 Å². The van der Waals surface area contributed by atoms with Gasteiger partial charge >= 0.3 is 6.03 Å². The monoisotopic (exact) mass is 476 g/mol. The Bertz CT molecular complexity index is 758. The van der Waals surface area contributed by atoms with Crippen LogP contribution in [0.25, 0.3) is 0 Å². The van der Waals surface area contributed by atoms with Gasteiger partial charge in [-0.3, -0.25) is 9.69 Å². The van der Waals surface area contributed by atoms with Crippen LogP contribution in [-0.2, 0) is 4.79 Å². The third-order valence-corrected chi connectivity index (χ3v) is 7.31. The predicted octanol–water partition coefficient (Wildman–Crippen LogP) is 5.52. The van der Waals surface area contributed by atoms with E-state index in [1.165, 1.54) is 32.1 Å². The van der Waals surface area contributed by atoms with E-state index in [2.05, 4.69) is 29.4 Å². The maximum Gasteiger partial charge on any atom is 0.321 e. The molecule has 184 valence electrons. The summed E-state index contributed by atoms with van der Waals surface area (Å²) in [5, 5.41) is 6.63. The number of nitrogens with zero attached hydrogens (tertiary/aromatic N) is 2. The molecule has 1 aromatic carbocycles. The Balaban J connectivity index is 1.31. The molecular formula is C26H41ClN4O2. The van der Waals surface area contributed by atoms with E-state index < -0.39 is 0 Å². The summed E-state index contributed by atoms with van der Waals surface area (Å²) in [5.41, 5.74) is 0.702. The number of likely N-dealkylation sites (tertiary alicyclic amines) is 1. The Morgan fingerprint density at radius 3 is 2.52 bits per heavy atom. The van der Waals surface area contributed by atoms with Gasteiger partial charge < -0.3 is 15.5 Å². The molecule has 1 heterocycles. The average Bonchev–Trinajstić information content (AvgIpc) is 2.80. The van der Waals surface area contributed by atoms with Crippen LogP contribution in [0, 0.1) is 5.92 Å². The first-order valence-corrected chi connectivity index (χ1v) is 13.1. The lowest BCUT2D eigenvalue weighted by Crippen LogP contribution is -2.43. The van der Waals surface area contributed by atoms with Gasteiger partial charge in [0.15, 0.2) is 0 Å². The van der Waals surface area contributed by atoms with Crippen LogP contribution in [0.5, 0.6) is 0 Å². The number of halogens is 1. The molecule has 2 fully saturated rings. The zero-order valence-corrected chi connectivity index (χ0v) is 21.1. The van der Waals surface area contributed by atoms with Crippen molar-refractivity contribution < 1.29 is 9.59 Å². The summed E-state index contributed by atoms with van der Waals surface area (Å²) in [6.45, 7) is 7.73. The van der Waals surface area contributed by atoms with E-state index in [1.807, 2.05) is 17.0 Å². The van der Waals surface area contributed by atoms with Crippen molar-refractivity contribution in [3.05, 3.63) is 29.3 Å². The second kappa shape index (κ2) is 13.2. The van der Waals surface area contributed by atoms with E-state index in [-0.39, 0.29) is 11.9 Å². The van der Waals surface area contributed by atoms with Crippen molar-refractivity contribution in [1.82, 2.24) is 15.1 Å². The normalized spacial score (nSPS) is 18.0. The van der Waals surface area contributed by atoms with Gasteiger partial charge in [-0.05, 0) is 70.1 Å². The van der Waals surface area contributed by atoms with Gasteiger partial charge in [0, 0.05) is 55.4 Å². The number of benzene rings is 1. The summed E-state index contributed by atoms with van der Waals surface area (Å²) in [7, 11) is 0. The molecule has 1 aromatic rings. The van der Waals surface area contributed by atoms with Crippen molar-refractivity contribution in [3.8, 4) is 0 Å². The van der Waals surface area contributed by atoms with Gasteiger partial charge in [0.1, 0.15) is 0 Å². The van der Waals surface area contributed by atoms with Crippen molar-refractivity contribution in [3.63, 3.8) is 0 Å². The number of hydrogen-bond donors (Lipinski definition) is 2. The Labute approximate surface area is 204 Å². The van der Waals surface area contributed by atoms with Crippen LogP contribution in [0.3, 0.4) is 0 Å². The third-order valence-electron chi connectivity index (χ3n) is 7.07. The number of hydrogen-bond acceptors (Lipinski definition) is 3. The van der Waals surface area contributed by atoms with Crippen LogP contribution in [0.15, 0.2) is 24.3 Å². The summed E-state index contributed by atoms with van der Waals surface area (Å²) in [6.07, 6.45) is 10.0. The van der Waals surface area contributed by atoms with Gasteiger partial charge in [0.25, 0.3) is 0 Å². The van der Waals surface area contributed by atoms with E-state index in [1.54, 1.807) is 12.1 Å². The highest BCUT2D eigenvalue weighted by atomic mass is 35.5. The fourth-order valence-electron chi connectivity index (χ4n) is 5.21. The van der Waals surface area contributed by atoms with Gasteiger partial charge in [-0.15, -0.1) is 0 Å². The first-order valence-electron chi connectivity index (χ1n) is 12.8. The zero-order chi connectivity index (χ0) is 23.6. The van der Waals surface area contributed by atoms with E-state index in [9.17, 15) is 9.59 Å². The maximum atomic E-state index is 12.5. The number of anilines is 1. The Morgan fingerprint density at radius 1 is 1.12 bits per heavy atom. The minimum Gasteiger partial charge on any atom is -0.356 e. The van der Waals surface area contributed by atoms with Crippen molar-refractivity contribution in [2.24, 2.45) is 5.92 Å². The SMILES string of the molecule is CC(C)N(CCCNC(=O)CC1CCN(C(=O)Nc2cccc(Cl)c2)CC1)C1CCCCC1. The Morgan fingerprint density at radius 2 is 1.85 bits per heavy atom. The lowest BCUT2D eigenvalue weighted by Gasteiger charge is -2.37. The largest absolute Gasteiger partial charge is 0.356 e. The predicted molar refractivity (Wildman–Crippen MR) is 136 cm³/mol. The molecular weight excluding hydrogens is 436 g/mol. The van der Waals surface area contributed by atoms with Crippen LogP contribution in [0.1, 0.15) is 71.6 Å². The topological polar surface area (TPSA) is 64.7 Å². The van der Waals surface area contributed by atoms with Gasteiger partial charge in [-0.1, -0.05) is 36.9 Å². The first-order chi connectivity index (χ1) is 15.9. The molecule has 0 unspecified atom stereocenters. The fourth-order valence-corrected chi connectivity index (χ4v) is 5.40. The molecule has 3 amide bonds. The van der Waals surface area contributed by atoms with Gasteiger partial charge in [0.05, 0.1) is 0 Å². The van der Waals surface area contributed by atoms with Crippen LogP contribution in [0.2, 0.25) is 5.02 Å². The number of piperidine rings is 1. The third kappa shape index (κ3) is 8.49. The van der Waals surface area contributed by atoms with Crippen LogP contribution >= 0.6 is 11.6 Å². The minimum atomic E-state index is -0.104. The summed E-state index contributed by atoms with van der Waals surface area (Å²) in [6, 6.07) is 8.35. The number of rotatable bonds is 9. The molecule has 2 N–H and O–H groups in total. The molecule has 7 heteroatoms. The second-order valence-electron chi connectivity index (χ2n) is 9.90. The molecule has 33 heavy (non-hydrogen) atoms. The van der Waals surface area contributed by atoms with Crippen molar-refractivity contribution >= 4 is 29.2 Å². The highest BCUT2D eigenvalue weighted by Gasteiger charge is 2.25. The summed E-state index contributed by atoms with van der Waals surface area (Å²) < 4.78 is 0. The molecule has 3 rings (SSSR count). The molecule has 0 aromatic heterocycles. The summed E-state index contributed by atoms with van der Waals surface area (Å²) in [5.74, 6) is 0.486. The Kier molecular flexibility index (Phi) is 10.3. The number of amides is 3. The van der Waals surface area contributed by atoms with Gasteiger partial charge in [-0.25, -0.2) is 4.79 Å². The lowest BCUT2D eigenvalue weighted by atomic mass is 9.93. The van der Waals surface area contributed by atoms with E-state index in [4.69, 9.17) is 11.6 Å². The molecule has 6 nitrogen and oxygen atoms in total. The van der Waals surface area contributed by atoms with E-state index in [0.717, 1.165) is 38.4 Å². The summed E-state index contributed by atoms with van der Waals surface area (Å²) >= 11 is 5.99. The number of carbonyl (C=O) groups is 2. The quantitative estimate of drug-likeness (QED) is 0.461. The number of nitrogens with one attached hydrogen (secondary N) is 2. The van der Waals surface area contributed by atoms with Crippen molar-refractivity contribution in [2.45, 2.75) is 83.7 Å². The fraction of sp³-hybridized carbons (Fsp3) is 0.692. The number of urea groups is 1.